The van der Waals surface area contributed by atoms with Crippen molar-refractivity contribution < 1.29 is 9.47 Å². The van der Waals surface area contributed by atoms with E-state index >= 15 is 0 Å². The first-order chi connectivity index (χ1) is 7.17. The van der Waals surface area contributed by atoms with Gasteiger partial charge >= 0.3 is 0 Å². The Balaban J connectivity index is 2.81. The van der Waals surface area contributed by atoms with E-state index in [9.17, 15) is 0 Å². The second-order valence-corrected chi connectivity index (χ2v) is 3.65. The second kappa shape index (κ2) is 5.61. The molecule has 1 aromatic rings. The molecule has 0 spiro atoms. The van der Waals surface area contributed by atoms with E-state index in [1.54, 1.807) is 14.2 Å². The van der Waals surface area contributed by atoms with Crippen molar-refractivity contribution in [1.29, 1.82) is 0 Å². The summed E-state index contributed by atoms with van der Waals surface area (Å²) < 4.78 is 10.4. The van der Waals surface area contributed by atoms with Crippen LogP contribution in [0.2, 0.25) is 0 Å². The molecule has 0 aromatic heterocycles. The number of likely N-dealkylation sites (N-methyl/N-ethyl adjacent to an activating group) is 1. The Bertz CT molecular complexity index is 310. The zero-order valence-corrected chi connectivity index (χ0v) is 9.83. The van der Waals surface area contributed by atoms with Crippen LogP contribution in [0.15, 0.2) is 12.1 Å². The van der Waals surface area contributed by atoms with Gasteiger partial charge in [0.2, 0.25) is 0 Å². The molecule has 0 aliphatic carbocycles. The van der Waals surface area contributed by atoms with Crippen LogP contribution in [-0.4, -0.2) is 39.8 Å². The SMILES string of the molecule is COc1[c]cc(OC)c(CCN(C)C)c1. The first-order valence-corrected chi connectivity index (χ1v) is 4.94. The molecule has 3 nitrogen and oxygen atoms in total. The first-order valence-electron chi connectivity index (χ1n) is 4.94. The van der Waals surface area contributed by atoms with Crippen LogP contribution in [0.1, 0.15) is 5.56 Å². The number of benzene rings is 1. The smallest absolute Gasteiger partial charge is 0.127 e. The van der Waals surface area contributed by atoms with Crippen molar-refractivity contribution in [3.05, 3.63) is 23.8 Å². The van der Waals surface area contributed by atoms with Crippen LogP contribution < -0.4 is 9.47 Å². The maximum atomic E-state index is 5.27. The highest BCUT2D eigenvalue weighted by Gasteiger charge is 2.05. The summed E-state index contributed by atoms with van der Waals surface area (Å²) >= 11 is 0. The molecule has 15 heavy (non-hydrogen) atoms. The zero-order chi connectivity index (χ0) is 11.3. The van der Waals surface area contributed by atoms with Gasteiger partial charge in [0.15, 0.2) is 0 Å². The molecule has 0 saturated carbocycles. The lowest BCUT2D eigenvalue weighted by Gasteiger charge is -2.13. The van der Waals surface area contributed by atoms with Crippen LogP contribution in [0.5, 0.6) is 11.5 Å². The lowest BCUT2D eigenvalue weighted by molar-refractivity contribution is 0.385. The summed E-state index contributed by atoms with van der Waals surface area (Å²) in [7, 11) is 7.43. The molecule has 0 aliphatic rings. The molecular formula is C12H18NO2. The van der Waals surface area contributed by atoms with Gasteiger partial charge in [-0.1, -0.05) is 0 Å². The van der Waals surface area contributed by atoms with E-state index in [1.165, 1.54) is 0 Å². The molecule has 0 aliphatic heterocycles. The Morgan fingerprint density at radius 2 is 2.00 bits per heavy atom. The van der Waals surface area contributed by atoms with Crippen molar-refractivity contribution in [1.82, 2.24) is 4.90 Å². The van der Waals surface area contributed by atoms with Gasteiger partial charge in [0.05, 0.1) is 14.2 Å². The van der Waals surface area contributed by atoms with Gasteiger partial charge in [-0.25, -0.2) is 0 Å². The molecule has 0 unspecified atom stereocenters. The standard InChI is InChI=1S/C12H18NO2/c1-13(2)8-7-10-9-11(14-3)5-6-12(10)15-4/h6,9H,7-8H2,1-4H3. The summed E-state index contributed by atoms with van der Waals surface area (Å²) in [5.41, 5.74) is 1.15. The molecule has 0 amide bonds. The quantitative estimate of drug-likeness (QED) is 0.733. The van der Waals surface area contributed by atoms with Gasteiger partial charge in [-0.2, -0.15) is 0 Å². The molecule has 0 heterocycles. The maximum absolute atomic E-state index is 5.27. The van der Waals surface area contributed by atoms with E-state index in [1.807, 2.05) is 12.1 Å². The number of ether oxygens (including phenoxy) is 2. The fourth-order valence-electron chi connectivity index (χ4n) is 1.35. The van der Waals surface area contributed by atoms with Gasteiger partial charge in [-0.15, -0.1) is 0 Å². The third kappa shape index (κ3) is 3.44. The molecule has 0 atom stereocenters. The van der Waals surface area contributed by atoms with Crippen molar-refractivity contribution in [3.63, 3.8) is 0 Å². The van der Waals surface area contributed by atoms with Gasteiger partial charge in [-0.3, -0.25) is 0 Å². The summed E-state index contributed by atoms with van der Waals surface area (Å²) in [6, 6.07) is 6.80. The topological polar surface area (TPSA) is 21.7 Å². The predicted molar refractivity (Wildman–Crippen MR) is 60.6 cm³/mol. The van der Waals surface area contributed by atoms with Crippen molar-refractivity contribution in [2.75, 3.05) is 34.9 Å². The van der Waals surface area contributed by atoms with E-state index in [4.69, 9.17) is 9.47 Å². The predicted octanol–water partition coefficient (Wildman–Crippen LogP) is 1.61. The Morgan fingerprint density at radius 1 is 1.27 bits per heavy atom. The van der Waals surface area contributed by atoms with Gasteiger partial charge in [0.25, 0.3) is 0 Å². The minimum Gasteiger partial charge on any atom is -0.496 e. The average Bonchev–Trinajstić information content (AvgIpc) is 2.25. The van der Waals surface area contributed by atoms with Crippen LogP contribution in [0.4, 0.5) is 0 Å². The number of rotatable bonds is 5. The van der Waals surface area contributed by atoms with Crippen LogP contribution >= 0.6 is 0 Å². The molecule has 1 radical (unpaired) electrons. The third-order valence-corrected chi connectivity index (χ3v) is 2.24. The average molecular weight is 208 g/mol. The molecular weight excluding hydrogens is 190 g/mol. The lowest BCUT2D eigenvalue weighted by Crippen LogP contribution is -2.15. The minimum absolute atomic E-state index is 0.754. The fourth-order valence-corrected chi connectivity index (χ4v) is 1.35. The van der Waals surface area contributed by atoms with Gasteiger partial charge in [-0.05, 0) is 38.2 Å². The van der Waals surface area contributed by atoms with Gasteiger partial charge in [0, 0.05) is 12.6 Å². The zero-order valence-electron chi connectivity index (χ0n) is 9.83. The third-order valence-electron chi connectivity index (χ3n) is 2.24. The molecule has 1 rings (SSSR count). The normalized spacial score (nSPS) is 10.5. The highest BCUT2D eigenvalue weighted by atomic mass is 16.5. The minimum atomic E-state index is 0.754. The highest BCUT2D eigenvalue weighted by molar-refractivity contribution is 5.39. The highest BCUT2D eigenvalue weighted by Crippen LogP contribution is 2.23. The number of hydrogen-bond donors (Lipinski definition) is 0. The van der Waals surface area contributed by atoms with E-state index in [2.05, 4.69) is 25.1 Å². The molecule has 0 N–H and O–H groups in total. The molecule has 0 saturated heterocycles. The van der Waals surface area contributed by atoms with Gasteiger partial charge in [0.1, 0.15) is 11.5 Å². The summed E-state index contributed by atoms with van der Waals surface area (Å²) in [5, 5.41) is 0. The van der Waals surface area contributed by atoms with Crippen LogP contribution in [0, 0.1) is 6.07 Å². The first kappa shape index (κ1) is 11.9. The second-order valence-electron chi connectivity index (χ2n) is 3.65. The number of nitrogens with zero attached hydrogens (tertiary/aromatic N) is 1. The van der Waals surface area contributed by atoms with Crippen molar-refractivity contribution in [2.24, 2.45) is 0 Å². The van der Waals surface area contributed by atoms with Gasteiger partial charge < -0.3 is 14.4 Å². The summed E-state index contributed by atoms with van der Waals surface area (Å²) in [4.78, 5) is 2.14. The largest absolute Gasteiger partial charge is 0.496 e. The Morgan fingerprint density at radius 3 is 2.53 bits per heavy atom. The van der Waals surface area contributed by atoms with Crippen LogP contribution in [0.25, 0.3) is 0 Å². The summed E-state index contributed by atoms with van der Waals surface area (Å²) in [6.07, 6.45) is 0.946. The molecule has 83 valence electrons. The fraction of sp³-hybridized carbons (Fsp3) is 0.500. The van der Waals surface area contributed by atoms with Crippen LogP contribution in [0.3, 0.4) is 0 Å². The Kier molecular flexibility index (Phi) is 4.43. The summed E-state index contributed by atoms with van der Waals surface area (Å²) in [6.45, 7) is 0.990. The summed E-state index contributed by atoms with van der Waals surface area (Å²) in [5.74, 6) is 1.63. The van der Waals surface area contributed by atoms with Crippen molar-refractivity contribution in [2.45, 2.75) is 6.42 Å². The lowest BCUT2D eigenvalue weighted by atomic mass is 10.1. The monoisotopic (exact) mass is 208 g/mol. The number of hydrogen-bond acceptors (Lipinski definition) is 3. The number of methoxy groups -OCH3 is 2. The van der Waals surface area contributed by atoms with E-state index in [-0.39, 0.29) is 0 Å². The molecule has 0 bridgehead atoms. The maximum Gasteiger partial charge on any atom is 0.127 e. The van der Waals surface area contributed by atoms with E-state index < -0.39 is 0 Å². The Labute approximate surface area is 91.6 Å². The van der Waals surface area contributed by atoms with E-state index in [0.717, 1.165) is 30.0 Å². The molecule has 3 heteroatoms. The van der Waals surface area contributed by atoms with Crippen LogP contribution in [-0.2, 0) is 6.42 Å². The van der Waals surface area contributed by atoms with Crippen molar-refractivity contribution >= 4 is 0 Å². The molecule has 0 fully saturated rings. The Hall–Kier alpha value is -1.22. The molecule has 1 aromatic carbocycles. The van der Waals surface area contributed by atoms with E-state index in [0.29, 0.717) is 0 Å². The van der Waals surface area contributed by atoms with Crippen molar-refractivity contribution in [3.8, 4) is 11.5 Å².